The molecule has 2 aromatic rings. The molecule has 0 fully saturated rings. The molecule has 0 aliphatic heterocycles. The lowest BCUT2D eigenvalue weighted by Gasteiger charge is -2.23. The zero-order chi connectivity index (χ0) is 18.9. The molecule has 0 heterocycles. The number of nitrogens with zero attached hydrogens (tertiary/aromatic N) is 2. The summed E-state index contributed by atoms with van der Waals surface area (Å²) in [6, 6.07) is 13.6. The molecule has 2 rings (SSSR count). The molecular weight excluding hydrogens is 333 g/mol. The number of benzene rings is 2. The lowest BCUT2D eigenvalue weighted by molar-refractivity contribution is 0.186. The van der Waals surface area contributed by atoms with Crippen LogP contribution < -0.4 is 10.1 Å². The van der Waals surface area contributed by atoms with Gasteiger partial charge in [0, 0.05) is 25.7 Å². The Hall–Kier alpha value is -2.60. The number of guanidine groups is 1. The van der Waals surface area contributed by atoms with Gasteiger partial charge in [0.05, 0.1) is 19.8 Å². The predicted molar refractivity (Wildman–Crippen MR) is 102 cm³/mol. The second-order valence-electron chi connectivity index (χ2n) is 5.93. The van der Waals surface area contributed by atoms with Crippen LogP contribution in [0.4, 0.5) is 4.39 Å². The summed E-state index contributed by atoms with van der Waals surface area (Å²) in [4.78, 5) is 6.48. The molecule has 1 atom stereocenters. The van der Waals surface area contributed by atoms with Crippen LogP contribution in [0.1, 0.15) is 24.2 Å². The molecule has 2 N–H and O–H groups in total. The SMILES string of the molecule is CCNC(=NCC(O)c1ccc(F)cc1)N(C)Cc1ccccc1OC. The molecule has 26 heavy (non-hydrogen) atoms. The Kier molecular flexibility index (Phi) is 7.41. The van der Waals surface area contributed by atoms with E-state index in [4.69, 9.17) is 4.74 Å². The van der Waals surface area contributed by atoms with E-state index in [2.05, 4.69) is 10.3 Å². The van der Waals surface area contributed by atoms with E-state index in [-0.39, 0.29) is 12.4 Å². The first kappa shape index (κ1) is 19.7. The van der Waals surface area contributed by atoms with Crippen molar-refractivity contribution in [3.8, 4) is 5.75 Å². The number of ether oxygens (including phenoxy) is 1. The summed E-state index contributed by atoms with van der Waals surface area (Å²) in [5.41, 5.74) is 1.68. The summed E-state index contributed by atoms with van der Waals surface area (Å²) < 4.78 is 18.4. The number of hydrogen-bond donors (Lipinski definition) is 2. The molecule has 2 aromatic carbocycles. The number of aliphatic hydroxyl groups excluding tert-OH is 1. The number of rotatable bonds is 7. The van der Waals surface area contributed by atoms with Crippen LogP contribution in [0.2, 0.25) is 0 Å². The van der Waals surface area contributed by atoms with Crippen LogP contribution in [0.25, 0.3) is 0 Å². The monoisotopic (exact) mass is 359 g/mol. The number of methoxy groups -OCH3 is 1. The summed E-state index contributed by atoms with van der Waals surface area (Å²) >= 11 is 0. The van der Waals surface area contributed by atoms with Crippen LogP contribution in [0.5, 0.6) is 5.75 Å². The van der Waals surface area contributed by atoms with Gasteiger partial charge in [-0.15, -0.1) is 0 Å². The Morgan fingerprint density at radius 2 is 1.92 bits per heavy atom. The van der Waals surface area contributed by atoms with Crippen molar-refractivity contribution < 1.29 is 14.2 Å². The molecule has 0 aromatic heterocycles. The molecular formula is C20H26FN3O2. The molecule has 140 valence electrons. The highest BCUT2D eigenvalue weighted by Gasteiger charge is 2.12. The van der Waals surface area contributed by atoms with E-state index in [1.165, 1.54) is 12.1 Å². The van der Waals surface area contributed by atoms with Gasteiger partial charge in [-0.25, -0.2) is 4.39 Å². The number of para-hydroxylation sites is 1. The first-order chi connectivity index (χ1) is 12.5. The van der Waals surface area contributed by atoms with Crippen molar-refractivity contribution in [2.75, 3.05) is 27.2 Å². The standard InChI is InChI=1S/C20H26FN3O2/c1-4-22-20(23-13-18(25)15-9-11-17(21)12-10-15)24(2)14-16-7-5-6-8-19(16)26-3/h5-12,18,25H,4,13-14H2,1-3H3,(H,22,23). The van der Waals surface area contributed by atoms with Crippen molar-refractivity contribution in [1.29, 1.82) is 0 Å². The molecule has 6 heteroatoms. The van der Waals surface area contributed by atoms with Gasteiger partial charge in [-0.2, -0.15) is 0 Å². The molecule has 0 aliphatic carbocycles. The smallest absolute Gasteiger partial charge is 0.194 e. The lowest BCUT2D eigenvalue weighted by atomic mass is 10.1. The molecule has 0 aliphatic rings. The van der Waals surface area contributed by atoms with Crippen molar-refractivity contribution >= 4 is 5.96 Å². The number of aliphatic hydroxyl groups is 1. The summed E-state index contributed by atoms with van der Waals surface area (Å²) in [7, 11) is 3.58. The highest BCUT2D eigenvalue weighted by molar-refractivity contribution is 5.79. The van der Waals surface area contributed by atoms with Crippen molar-refractivity contribution in [3.63, 3.8) is 0 Å². The third-order valence-electron chi connectivity index (χ3n) is 3.97. The number of nitrogens with one attached hydrogen (secondary N) is 1. The summed E-state index contributed by atoms with van der Waals surface area (Å²) in [6.45, 7) is 3.50. The average Bonchev–Trinajstić information content (AvgIpc) is 2.65. The minimum Gasteiger partial charge on any atom is -0.496 e. The number of hydrogen-bond acceptors (Lipinski definition) is 3. The Bertz CT molecular complexity index is 719. The molecule has 0 amide bonds. The van der Waals surface area contributed by atoms with E-state index < -0.39 is 6.10 Å². The fourth-order valence-electron chi connectivity index (χ4n) is 2.60. The maximum Gasteiger partial charge on any atom is 0.194 e. The lowest BCUT2D eigenvalue weighted by Crippen LogP contribution is -2.38. The molecule has 0 saturated carbocycles. The summed E-state index contributed by atoms with van der Waals surface area (Å²) in [5, 5.41) is 13.5. The minimum atomic E-state index is -0.788. The number of halogens is 1. The van der Waals surface area contributed by atoms with E-state index in [1.807, 2.05) is 43.1 Å². The largest absolute Gasteiger partial charge is 0.496 e. The average molecular weight is 359 g/mol. The molecule has 1 unspecified atom stereocenters. The highest BCUT2D eigenvalue weighted by Crippen LogP contribution is 2.19. The highest BCUT2D eigenvalue weighted by atomic mass is 19.1. The Morgan fingerprint density at radius 1 is 1.23 bits per heavy atom. The summed E-state index contributed by atoms with van der Waals surface area (Å²) in [6.07, 6.45) is -0.788. The fourth-order valence-corrected chi connectivity index (χ4v) is 2.60. The minimum absolute atomic E-state index is 0.185. The van der Waals surface area contributed by atoms with Crippen molar-refractivity contribution in [2.45, 2.75) is 19.6 Å². The van der Waals surface area contributed by atoms with Crippen molar-refractivity contribution in [3.05, 3.63) is 65.5 Å². The van der Waals surface area contributed by atoms with Crippen LogP contribution >= 0.6 is 0 Å². The number of aliphatic imine (C=N–C) groups is 1. The van der Waals surface area contributed by atoms with E-state index >= 15 is 0 Å². The van der Waals surface area contributed by atoms with Gasteiger partial charge in [0.15, 0.2) is 5.96 Å². The first-order valence-electron chi connectivity index (χ1n) is 8.60. The Labute approximate surface area is 154 Å². The zero-order valence-electron chi connectivity index (χ0n) is 15.4. The van der Waals surface area contributed by atoms with Gasteiger partial charge < -0.3 is 20.1 Å². The van der Waals surface area contributed by atoms with Gasteiger partial charge in [0.2, 0.25) is 0 Å². The first-order valence-corrected chi connectivity index (χ1v) is 8.60. The van der Waals surface area contributed by atoms with Gasteiger partial charge in [-0.3, -0.25) is 4.99 Å². The summed E-state index contributed by atoms with van der Waals surface area (Å²) in [5.74, 6) is 1.18. The maximum absolute atomic E-state index is 13.0. The maximum atomic E-state index is 13.0. The van der Waals surface area contributed by atoms with Crippen LogP contribution in [-0.4, -0.2) is 43.2 Å². The molecule has 0 bridgehead atoms. The topological polar surface area (TPSA) is 57.1 Å². The third kappa shape index (κ3) is 5.46. The second kappa shape index (κ2) is 9.77. The van der Waals surface area contributed by atoms with E-state index in [9.17, 15) is 9.50 Å². The third-order valence-corrected chi connectivity index (χ3v) is 3.97. The second-order valence-corrected chi connectivity index (χ2v) is 5.93. The van der Waals surface area contributed by atoms with E-state index in [1.54, 1.807) is 19.2 Å². The van der Waals surface area contributed by atoms with Gasteiger partial charge in [0.1, 0.15) is 11.6 Å². The predicted octanol–water partition coefficient (Wildman–Crippen LogP) is 2.97. The van der Waals surface area contributed by atoms with Crippen LogP contribution in [0.3, 0.4) is 0 Å². The molecule has 0 saturated heterocycles. The molecule has 0 spiro atoms. The molecule has 0 radical (unpaired) electrons. The Morgan fingerprint density at radius 3 is 2.58 bits per heavy atom. The van der Waals surface area contributed by atoms with Crippen LogP contribution in [-0.2, 0) is 6.54 Å². The normalized spacial score (nSPS) is 12.6. The fraction of sp³-hybridized carbons (Fsp3) is 0.350. The van der Waals surface area contributed by atoms with Crippen LogP contribution in [0, 0.1) is 5.82 Å². The van der Waals surface area contributed by atoms with E-state index in [0.29, 0.717) is 24.6 Å². The van der Waals surface area contributed by atoms with Crippen molar-refractivity contribution in [1.82, 2.24) is 10.2 Å². The van der Waals surface area contributed by atoms with Gasteiger partial charge in [0.25, 0.3) is 0 Å². The van der Waals surface area contributed by atoms with Gasteiger partial charge in [-0.1, -0.05) is 30.3 Å². The Balaban J connectivity index is 2.08. The van der Waals surface area contributed by atoms with Gasteiger partial charge >= 0.3 is 0 Å². The quantitative estimate of drug-likeness (QED) is 0.589. The zero-order valence-corrected chi connectivity index (χ0v) is 15.4. The van der Waals surface area contributed by atoms with Gasteiger partial charge in [-0.05, 0) is 30.7 Å². The molecule has 5 nitrogen and oxygen atoms in total. The van der Waals surface area contributed by atoms with Crippen molar-refractivity contribution in [2.24, 2.45) is 4.99 Å². The van der Waals surface area contributed by atoms with Crippen LogP contribution in [0.15, 0.2) is 53.5 Å². The van der Waals surface area contributed by atoms with E-state index in [0.717, 1.165) is 11.3 Å².